The number of fused-ring (bicyclic) bond motifs is 3. The quantitative estimate of drug-likeness (QED) is 0.368. The van der Waals surface area contributed by atoms with Gasteiger partial charge in [0.05, 0.1) is 16.7 Å². The zero-order chi connectivity index (χ0) is 24.6. The Morgan fingerprint density at radius 2 is 1.72 bits per heavy atom. The molecule has 1 aliphatic heterocycles. The highest BCUT2D eigenvalue weighted by atomic mass is 16.7. The fourth-order valence-electron chi connectivity index (χ4n) is 4.57. The zero-order valence-electron chi connectivity index (χ0n) is 19.8. The number of benzene rings is 3. The molecule has 0 spiro atoms. The minimum Gasteiger partial charge on any atom is -0.454 e. The predicted molar refractivity (Wildman–Crippen MR) is 139 cm³/mol. The van der Waals surface area contributed by atoms with Crippen LogP contribution in [0.2, 0.25) is 0 Å². The maximum Gasteiger partial charge on any atom is 0.257 e. The van der Waals surface area contributed by atoms with E-state index in [2.05, 4.69) is 17.4 Å². The average molecular weight is 480 g/mol. The first-order chi connectivity index (χ1) is 17.6. The number of aromatic nitrogens is 3. The van der Waals surface area contributed by atoms with Crippen LogP contribution in [-0.2, 0) is 6.42 Å². The van der Waals surface area contributed by atoms with Crippen molar-refractivity contribution < 1.29 is 14.3 Å². The van der Waals surface area contributed by atoms with E-state index in [0.29, 0.717) is 44.9 Å². The molecule has 3 aromatic carbocycles. The number of ether oxygens (including phenoxy) is 2. The van der Waals surface area contributed by atoms with Gasteiger partial charge in [-0.15, -0.1) is 0 Å². The highest BCUT2D eigenvalue weighted by Crippen LogP contribution is 2.37. The van der Waals surface area contributed by atoms with E-state index >= 15 is 0 Å². The van der Waals surface area contributed by atoms with E-state index in [9.17, 15) is 4.79 Å². The summed E-state index contributed by atoms with van der Waals surface area (Å²) in [6.07, 6.45) is 1.66. The molecule has 1 amide bonds. The van der Waals surface area contributed by atoms with Crippen LogP contribution in [0.5, 0.6) is 11.5 Å². The third-order valence-corrected chi connectivity index (χ3v) is 6.43. The average Bonchev–Trinajstić information content (AvgIpc) is 3.47. The van der Waals surface area contributed by atoms with E-state index in [1.807, 2.05) is 67.6 Å². The summed E-state index contributed by atoms with van der Waals surface area (Å²) in [6.45, 7) is 2.16. The van der Waals surface area contributed by atoms with Gasteiger partial charge in [-0.05, 0) is 49.6 Å². The van der Waals surface area contributed by atoms with Crippen LogP contribution >= 0.6 is 0 Å². The molecule has 3 N–H and O–H groups in total. The number of carbonyl (C=O) groups is 1. The van der Waals surface area contributed by atoms with Gasteiger partial charge in [0.2, 0.25) is 6.79 Å². The van der Waals surface area contributed by atoms with Crippen LogP contribution in [0.25, 0.3) is 27.9 Å². The van der Waals surface area contributed by atoms with Gasteiger partial charge in [-0.3, -0.25) is 9.36 Å². The molecule has 0 saturated heterocycles. The molecule has 0 saturated carbocycles. The van der Waals surface area contributed by atoms with Gasteiger partial charge in [0.15, 0.2) is 17.1 Å². The highest BCUT2D eigenvalue weighted by Gasteiger charge is 2.26. The van der Waals surface area contributed by atoms with Crippen molar-refractivity contribution in [3.05, 3.63) is 83.9 Å². The Kier molecular flexibility index (Phi) is 5.41. The standard InChI is InChI=1S/C28H25N5O3/c1-17(11-12-18-7-3-2-4-8-18)30-28(34)24-25-27(32-21-10-6-5-9-20(21)31-25)33(26(24)29)19-13-14-22-23(15-19)36-16-35-22/h2-10,13-15,17H,11-12,16,29H2,1H3,(H,30,34). The Bertz CT molecular complexity index is 1600. The van der Waals surface area contributed by atoms with E-state index in [0.717, 1.165) is 12.8 Å². The molecule has 36 heavy (non-hydrogen) atoms. The second-order valence-corrected chi connectivity index (χ2v) is 8.92. The maximum atomic E-state index is 13.6. The summed E-state index contributed by atoms with van der Waals surface area (Å²) in [7, 11) is 0. The van der Waals surface area contributed by atoms with E-state index in [1.165, 1.54) is 5.56 Å². The first-order valence-electron chi connectivity index (χ1n) is 11.9. The Labute approximate surface area is 207 Å². The Morgan fingerprint density at radius 3 is 2.53 bits per heavy atom. The van der Waals surface area contributed by atoms with E-state index in [1.54, 1.807) is 4.57 Å². The third-order valence-electron chi connectivity index (χ3n) is 6.43. The number of hydrogen-bond donors (Lipinski definition) is 2. The number of anilines is 1. The smallest absolute Gasteiger partial charge is 0.257 e. The third kappa shape index (κ3) is 3.86. The van der Waals surface area contributed by atoms with Crippen molar-refractivity contribution in [1.82, 2.24) is 19.9 Å². The van der Waals surface area contributed by atoms with Crippen molar-refractivity contribution >= 4 is 33.9 Å². The lowest BCUT2D eigenvalue weighted by atomic mass is 10.1. The first-order valence-corrected chi connectivity index (χ1v) is 11.9. The summed E-state index contributed by atoms with van der Waals surface area (Å²) in [5.41, 5.74) is 11.3. The molecule has 3 heterocycles. The Morgan fingerprint density at radius 1 is 1.00 bits per heavy atom. The van der Waals surface area contributed by atoms with Crippen molar-refractivity contribution in [1.29, 1.82) is 0 Å². The van der Waals surface area contributed by atoms with Crippen LogP contribution in [0.1, 0.15) is 29.3 Å². The lowest BCUT2D eigenvalue weighted by Gasteiger charge is -2.14. The fraction of sp³-hybridized carbons (Fsp3) is 0.179. The number of hydrogen-bond acceptors (Lipinski definition) is 6. The maximum absolute atomic E-state index is 13.6. The summed E-state index contributed by atoms with van der Waals surface area (Å²) in [6, 6.07) is 23.2. The van der Waals surface area contributed by atoms with Crippen LogP contribution in [-0.4, -0.2) is 33.3 Å². The van der Waals surface area contributed by atoms with Crippen molar-refractivity contribution in [3.8, 4) is 17.2 Å². The predicted octanol–water partition coefficient (Wildman–Crippen LogP) is 4.64. The topological polar surface area (TPSA) is 104 Å². The molecule has 0 fully saturated rings. The van der Waals surface area contributed by atoms with Gasteiger partial charge in [0.1, 0.15) is 16.9 Å². The van der Waals surface area contributed by atoms with Crippen molar-refractivity contribution in [2.75, 3.05) is 12.5 Å². The van der Waals surface area contributed by atoms with Gasteiger partial charge < -0.3 is 20.5 Å². The van der Waals surface area contributed by atoms with Crippen LogP contribution in [0.3, 0.4) is 0 Å². The van der Waals surface area contributed by atoms with Gasteiger partial charge in [0, 0.05) is 12.1 Å². The van der Waals surface area contributed by atoms with Crippen LogP contribution in [0.4, 0.5) is 5.82 Å². The summed E-state index contributed by atoms with van der Waals surface area (Å²) in [5.74, 6) is 1.27. The summed E-state index contributed by atoms with van der Waals surface area (Å²) < 4.78 is 12.8. The molecule has 8 heteroatoms. The second-order valence-electron chi connectivity index (χ2n) is 8.92. The fourth-order valence-corrected chi connectivity index (χ4v) is 4.57. The largest absolute Gasteiger partial charge is 0.454 e. The molecule has 1 aliphatic rings. The van der Waals surface area contributed by atoms with Crippen LogP contribution in [0.15, 0.2) is 72.8 Å². The number of rotatable bonds is 6. The molecule has 0 bridgehead atoms. The second kappa shape index (κ2) is 8.88. The summed E-state index contributed by atoms with van der Waals surface area (Å²) >= 11 is 0. The highest BCUT2D eigenvalue weighted by molar-refractivity contribution is 6.11. The lowest BCUT2D eigenvalue weighted by Crippen LogP contribution is -2.33. The molecule has 180 valence electrons. The molecule has 2 aromatic heterocycles. The SMILES string of the molecule is CC(CCc1ccccc1)NC(=O)c1c(N)n(-c2ccc3c(c2)OCO3)c2nc3ccccc3nc12. The molecule has 0 radical (unpaired) electrons. The lowest BCUT2D eigenvalue weighted by molar-refractivity contribution is 0.0941. The first kappa shape index (κ1) is 21.9. The molecular weight excluding hydrogens is 454 g/mol. The molecule has 5 aromatic rings. The van der Waals surface area contributed by atoms with Gasteiger partial charge in [-0.25, -0.2) is 9.97 Å². The molecule has 1 unspecified atom stereocenters. The molecule has 6 rings (SSSR count). The number of aryl methyl sites for hydroxylation is 1. The molecular formula is C28H25N5O3. The van der Waals surface area contributed by atoms with Crippen LogP contribution in [0, 0.1) is 0 Å². The Hall–Kier alpha value is -4.59. The number of nitrogen functional groups attached to an aromatic ring is 1. The van der Waals surface area contributed by atoms with Crippen molar-refractivity contribution in [3.63, 3.8) is 0 Å². The Balaban J connectivity index is 1.40. The number of para-hydroxylation sites is 2. The monoisotopic (exact) mass is 479 g/mol. The zero-order valence-corrected chi connectivity index (χ0v) is 19.8. The van der Waals surface area contributed by atoms with E-state index in [4.69, 9.17) is 25.2 Å². The number of carbonyl (C=O) groups excluding carboxylic acids is 1. The van der Waals surface area contributed by atoms with Gasteiger partial charge >= 0.3 is 0 Å². The molecule has 0 aliphatic carbocycles. The van der Waals surface area contributed by atoms with Crippen molar-refractivity contribution in [2.24, 2.45) is 0 Å². The number of amides is 1. The van der Waals surface area contributed by atoms with E-state index in [-0.39, 0.29) is 24.6 Å². The number of nitrogens with zero attached hydrogens (tertiary/aromatic N) is 3. The van der Waals surface area contributed by atoms with Crippen molar-refractivity contribution in [2.45, 2.75) is 25.8 Å². The van der Waals surface area contributed by atoms with Gasteiger partial charge in [-0.1, -0.05) is 42.5 Å². The van der Waals surface area contributed by atoms with E-state index < -0.39 is 0 Å². The summed E-state index contributed by atoms with van der Waals surface area (Å²) in [5, 5.41) is 3.11. The van der Waals surface area contributed by atoms with Gasteiger partial charge in [-0.2, -0.15) is 0 Å². The van der Waals surface area contributed by atoms with Crippen LogP contribution < -0.4 is 20.5 Å². The number of nitrogens with one attached hydrogen (secondary N) is 1. The minimum absolute atomic E-state index is 0.0607. The van der Waals surface area contributed by atoms with Gasteiger partial charge in [0.25, 0.3) is 5.91 Å². The minimum atomic E-state index is -0.276. The summed E-state index contributed by atoms with van der Waals surface area (Å²) in [4.78, 5) is 23.2. The molecule has 1 atom stereocenters. The normalized spacial score (nSPS) is 13.2. The molecule has 8 nitrogen and oxygen atoms in total. The number of nitrogens with two attached hydrogens (primary N) is 1.